The Morgan fingerprint density at radius 2 is 1.97 bits per heavy atom. The predicted molar refractivity (Wildman–Crippen MR) is 145 cm³/mol. The van der Waals surface area contributed by atoms with Crippen LogP contribution in [-0.4, -0.2) is 31.4 Å². The van der Waals surface area contributed by atoms with E-state index in [1.165, 1.54) is 33.5 Å². The van der Waals surface area contributed by atoms with Gasteiger partial charge >= 0.3 is 0 Å². The van der Waals surface area contributed by atoms with Crippen molar-refractivity contribution in [3.05, 3.63) is 49.4 Å². The minimum atomic E-state index is -0.152. The Labute approximate surface area is 220 Å². The molecule has 0 unspecified atom stereocenters. The molecule has 3 aromatic heterocycles. The average Bonchev–Trinajstić information content (AvgIpc) is 3.51. The van der Waals surface area contributed by atoms with Crippen molar-refractivity contribution in [2.24, 2.45) is 0 Å². The molecule has 0 aliphatic carbocycles. The standard InChI is InChI=1S/C23H23Cl2N5OS3/c1-4-8-30-21(17-10-32-13(3)15(17)5-2)28-29-23(30)34-12-20(31)27-22-26-19(11-33-22)16-7-6-14(24)9-18(16)25/h6-7,9-11H,4-5,8,12H2,1-3H3,(H,26,27,31). The van der Waals surface area contributed by atoms with Crippen LogP contribution >= 0.6 is 57.6 Å². The summed E-state index contributed by atoms with van der Waals surface area (Å²) in [6.45, 7) is 7.21. The summed E-state index contributed by atoms with van der Waals surface area (Å²) in [5.41, 5.74) is 3.91. The van der Waals surface area contributed by atoms with Gasteiger partial charge in [-0.25, -0.2) is 4.98 Å². The molecule has 0 aliphatic rings. The minimum absolute atomic E-state index is 0.152. The lowest BCUT2D eigenvalue weighted by Gasteiger charge is -2.09. The maximum Gasteiger partial charge on any atom is 0.236 e. The molecule has 34 heavy (non-hydrogen) atoms. The van der Waals surface area contributed by atoms with E-state index < -0.39 is 0 Å². The lowest BCUT2D eigenvalue weighted by atomic mass is 10.1. The summed E-state index contributed by atoms with van der Waals surface area (Å²) in [5.74, 6) is 0.929. The molecule has 0 saturated heterocycles. The Balaban J connectivity index is 1.44. The highest BCUT2D eigenvalue weighted by molar-refractivity contribution is 7.99. The zero-order valence-corrected chi connectivity index (χ0v) is 22.9. The number of thioether (sulfide) groups is 1. The van der Waals surface area contributed by atoms with E-state index in [-0.39, 0.29) is 11.7 Å². The van der Waals surface area contributed by atoms with Gasteiger partial charge in [0.2, 0.25) is 5.91 Å². The summed E-state index contributed by atoms with van der Waals surface area (Å²) in [6, 6.07) is 5.26. The second kappa shape index (κ2) is 11.2. The first-order chi connectivity index (χ1) is 16.4. The number of nitrogens with one attached hydrogen (secondary N) is 1. The van der Waals surface area contributed by atoms with Gasteiger partial charge in [-0.1, -0.05) is 48.8 Å². The molecule has 0 radical (unpaired) electrons. The molecule has 4 aromatic rings. The molecule has 1 amide bonds. The number of nitrogens with zero attached hydrogens (tertiary/aromatic N) is 4. The van der Waals surface area contributed by atoms with Crippen LogP contribution in [0.3, 0.4) is 0 Å². The lowest BCUT2D eigenvalue weighted by molar-refractivity contribution is -0.113. The topological polar surface area (TPSA) is 72.7 Å². The summed E-state index contributed by atoms with van der Waals surface area (Å²) in [7, 11) is 0. The number of hydrogen-bond donors (Lipinski definition) is 1. The SMILES string of the molecule is CCCn1c(SCC(=O)Nc2nc(-c3ccc(Cl)cc3Cl)cs2)nnc1-c1csc(C)c1CC. The first-order valence-corrected chi connectivity index (χ1v) is 14.2. The van der Waals surface area contributed by atoms with Gasteiger partial charge in [-0.05, 0) is 43.5 Å². The van der Waals surface area contributed by atoms with Crippen LogP contribution in [0.1, 0.15) is 30.7 Å². The maximum absolute atomic E-state index is 12.6. The number of aromatic nitrogens is 4. The third kappa shape index (κ3) is 5.49. The normalized spacial score (nSPS) is 11.2. The van der Waals surface area contributed by atoms with Crippen LogP contribution < -0.4 is 5.32 Å². The summed E-state index contributed by atoms with van der Waals surface area (Å²) >= 11 is 16.7. The van der Waals surface area contributed by atoms with Crippen molar-refractivity contribution in [1.29, 1.82) is 0 Å². The number of anilines is 1. The summed E-state index contributed by atoms with van der Waals surface area (Å²) < 4.78 is 2.11. The number of carbonyl (C=O) groups is 1. The molecule has 0 spiro atoms. The smallest absolute Gasteiger partial charge is 0.236 e. The molecular weight excluding hydrogens is 529 g/mol. The van der Waals surface area contributed by atoms with Crippen LogP contribution in [0.4, 0.5) is 5.13 Å². The fourth-order valence-corrected chi connectivity index (χ4v) is 6.50. The summed E-state index contributed by atoms with van der Waals surface area (Å²) in [5, 5.41) is 18.1. The molecule has 0 fully saturated rings. The van der Waals surface area contributed by atoms with Gasteiger partial charge in [-0.3, -0.25) is 4.79 Å². The molecule has 4 rings (SSSR count). The number of carbonyl (C=O) groups excluding carboxylic acids is 1. The Bertz CT molecular complexity index is 1310. The van der Waals surface area contributed by atoms with E-state index >= 15 is 0 Å². The number of halogens is 2. The van der Waals surface area contributed by atoms with Crippen molar-refractivity contribution in [1.82, 2.24) is 19.7 Å². The monoisotopic (exact) mass is 551 g/mol. The van der Waals surface area contributed by atoms with Crippen LogP contribution in [0, 0.1) is 6.92 Å². The van der Waals surface area contributed by atoms with E-state index in [9.17, 15) is 4.79 Å². The van der Waals surface area contributed by atoms with Gasteiger partial charge in [0.05, 0.1) is 16.5 Å². The average molecular weight is 553 g/mol. The van der Waals surface area contributed by atoms with E-state index in [4.69, 9.17) is 23.2 Å². The quantitative estimate of drug-likeness (QED) is 0.218. The third-order valence-corrected chi connectivity index (χ3v) is 8.38. The largest absolute Gasteiger partial charge is 0.302 e. The highest BCUT2D eigenvalue weighted by Gasteiger charge is 2.19. The number of amides is 1. The minimum Gasteiger partial charge on any atom is -0.302 e. The molecule has 0 aliphatic heterocycles. The molecule has 3 heterocycles. The fourth-order valence-electron chi connectivity index (χ4n) is 3.56. The lowest BCUT2D eigenvalue weighted by Crippen LogP contribution is -2.14. The van der Waals surface area contributed by atoms with Gasteiger partial charge in [0.15, 0.2) is 16.1 Å². The van der Waals surface area contributed by atoms with Crippen molar-refractivity contribution in [3.8, 4) is 22.6 Å². The first kappa shape index (κ1) is 25.2. The van der Waals surface area contributed by atoms with Crippen LogP contribution in [0.5, 0.6) is 0 Å². The second-order valence-corrected chi connectivity index (χ2v) is 11.2. The first-order valence-electron chi connectivity index (χ1n) is 10.7. The number of hydrogen-bond acceptors (Lipinski definition) is 7. The Morgan fingerprint density at radius 1 is 1.15 bits per heavy atom. The van der Waals surface area contributed by atoms with Crippen LogP contribution in [0.25, 0.3) is 22.6 Å². The van der Waals surface area contributed by atoms with Gasteiger partial charge < -0.3 is 9.88 Å². The van der Waals surface area contributed by atoms with Gasteiger partial charge in [0.25, 0.3) is 0 Å². The molecule has 1 aromatic carbocycles. The molecule has 0 saturated carbocycles. The number of benzene rings is 1. The van der Waals surface area contributed by atoms with E-state index in [1.54, 1.807) is 23.5 Å². The van der Waals surface area contributed by atoms with Crippen molar-refractivity contribution in [2.75, 3.05) is 11.1 Å². The number of thiophene rings is 1. The zero-order chi connectivity index (χ0) is 24.2. The van der Waals surface area contributed by atoms with E-state index in [2.05, 4.69) is 51.2 Å². The number of aryl methyl sites for hydroxylation is 1. The molecule has 11 heteroatoms. The van der Waals surface area contributed by atoms with Crippen LogP contribution in [-0.2, 0) is 17.8 Å². The van der Waals surface area contributed by atoms with Crippen molar-refractivity contribution < 1.29 is 4.79 Å². The van der Waals surface area contributed by atoms with E-state index in [1.807, 2.05) is 11.4 Å². The van der Waals surface area contributed by atoms with Gasteiger partial charge in [-0.2, -0.15) is 0 Å². The van der Waals surface area contributed by atoms with E-state index in [0.717, 1.165) is 41.5 Å². The maximum atomic E-state index is 12.6. The molecule has 178 valence electrons. The predicted octanol–water partition coefficient (Wildman–Crippen LogP) is 7.45. The molecule has 6 nitrogen and oxygen atoms in total. The van der Waals surface area contributed by atoms with Crippen LogP contribution in [0.2, 0.25) is 10.0 Å². The number of rotatable bonds is 9. The van der Waals surface area contributed by atoms with Gasteiger partial charge in [-0.15, -0.1) is 32.9 Å². The van der Waals surface area contributed by atoms with Crippen LogP contribution in [0.15, 0.2) is 34.1 Å². The molecular formula is C23H23Cl2N5OS3. The van der Waals surface area contributed by atoms with Crippen molar-refractivity contribution in [3.63, 3.8) is 0 Å². The Hall–Kier alpha value is -1.91. The van der Waals surface area contributed by atoms with Crippen molar-refractivity contribution >= 4 is 68.7 Å². The highest BCUT2D eigenvalue weighted by atomic mass is 35.5. The van der Waals surface area contributed by atoms with E-state index in [0.29, 0.717) is 20.9 Å². The molecule has 1 N–H and O–H groups in total. The summed E-state index contributed by atoms with van der Waals surface area (Å²) in [6.07, 6.45) is 1.90. The van der Waals surface area contributed by atoms with Crippen molar-refractivity contribution in [2.45, 2.75) is 45.3 Å². The third-order valence-electron chi connectivity index (χ3n) is 5.15. The molecule has 0 atom stereocenters. The van der Waals surface area contributed by atoms with Gasteiger partial charge in [0.1, 0.15) is 0 Å². The Morgan fingerprint density at radius 3 is 2.71 bits per heavy atom. The fraction of sp³-hybridized carbons (Fsp3) is 0.304. The summed E-state index contributed by atoms with van der Waals surface area (Å²) in [4.78, 5) is 18.4. The molecule has 0 bridgehead atoms. The second-order valence-electron chi connectivity index (χ2n) is 7.49. The zero-order valence-electron chi connectivity index (χ0n) is 18.9. The Kier molecular flexibility index (Phi) is 8.31. The highest BCUT2D eigenvalue weighted by Crippen LogP contribution is 2.34. The number of thiazole rings is 1. The van der Waals surface area contributed by atoms with Gasteiger partial charge in [0, 0.05) is 38.3 Å².